The van der Waals surface area contributed by atoms with Crippen molar-refractivity contribution in [2.24, 2.45) is 5.92 Å². The SMILES string of the molecule is COCn1ccc2cc(C(=O)N3CCC(Cc4ccc(F)cc4)CC3)c(OC)cc21. The summed E-state index contributed by atoms with van der Waals surface area (Å²) in [5.41, 5.74) is 2.72. The Bertz CT molecular complexity index is 1020. The van der Waals surface area contributed by atoms with E-state index in [-0.39, 0.29) is 11.7 Å². The van der Waals surface area contributed by atoms with Crippen LogP contribution >= 0.6 is 0 Å². The van der Waals surface area contributed by atoms with Crippen molar-refractivity contribution in [3.63, 3.8) is 0 Å². The third-order valence-electron chi connectivity index (χ3n) is 5.93. The predicted octanol–water partition coefficient (Wildman–Crippen LogP) is 4.49. The highest BCUT2D eigenvalue weighted by atomic mass is 19.1. The van der Waals surface area contributed by atoms with Crippen molar-refractivity contribution >= 4 is 16.8 Å². The Morgan fingerprint density at radius 2 is 1.83 bits per heavy atom. The Morgan fingerprint density at radius 3 is 2.50 bits per heavy atom. The molecule has 2 heterocycles. The summed E-state index contributed by atoms with van der Waals surface area (Å²) in [5, 5.41) is 0.988. The number of piperidine rings is 1. The molecule has 158 valence electrons. The Kier molecular flexibility index (Phi) is 6.04. The lowest BCUT2D eigenvalue weighted by Gasteiger charge is -2.32. The molecule has 0 radical (unpaired) electrons. The quantitative estimate of drug-likeness (QED) is 0.602. The topological polar surface area (TPSA) is 43.7 Å². The fourth-order valence-electron chi connectivity index (χ4n) is 4.27. The normalized spacial score (nSPS) is 15.0. The second-order valence-electron chi connectivity index (χ2n) is 7.88. The van der Waals surface area contributed by atoms with E-state index >= 15 is 0 Å². The second kappa shape index (κ2) is 8.88. The number of rotatable bonds is 6. The zero-order valence-corrected chi connectivity index (χ0v) is 17.4. The second-order valence-corrected chi connectivity index (χ2v) is 7.88. The van der Waals surface area contributed by atoms with Gasteiger partial charge in [-0.1, -0.05) is 12.1 Å². The Hall–Kier alpha value is -2.86. The minimum Gasteiger partial charge on any atom is -0.496 e. The van der Waals surface area contributed by atoms with Crippen LogP contribution < -0.4 is 4.74 Å². The molecule has 3 aromatic rings. The van der Waals surface area contributed by atoms with E-state index < -0.39 is 0 Å². The van der Waals surface area contributed by atoms with Crippen LogP contribution in [-0.4, -0.2) is 42.7 Å². The van der Waals surface area contributed by atoms with Crippen LogP contribution in [0.3, 0.4) is 0 Å². The predicted molar refractivity (Wildman–Crippen MR) is 114 cm³/mol. The van der Waals surface area contributed by atoms with Gasteiger partial charge in [-0.2, -0.15) is 0 Å². The zero-order chi connectivity index (χ0) is 21.1. The van der Waals surface area contributed by atoms with Gasteiger partial charge in [0.15, 0.2) is 0 Å². The van der Waals surface area contributed by atoms with Crippen molar-refractivity contribution in [2.45, 2.75) is 26.0 Å². The van der Waals surface area contributed by atoms with Crippen molar-refractivity contribution in [3.8, 4) is 5.75 Å². The maximum Gasteiger partial charge on any atom is 0.257 e. The lowest BCUT2D eigenvalue weighted by molar-refractivity contribution is 0.0687. The van der Waals surface area contributed by atoms with Crippen LogP contribution in [0.25, 0.3) is 10.9 Å². The average molecular weight is 410 g/mol. The number of carbonyl (C=O) groups excluding carboxylic acids is 1. The molecule has 0 saturated carbocycles. The molecule has 4 rings (SSSR count). The highest BCUT2D eigenvalue weighted by molar-refractivity contribution is 6.01. The fraction of sp³-hybridized carbons (Fsp3) is 0.375. The van der Waals surface area contributed by atoms with E-state index in [0.717, 1.165) is 48.8 Å². The molecule has 30 heavy (non-hydrogen) atoms. The van der Waals surface area contributed by atoms with Gasteiger partial charge in [0.05, 0.1) is 18.2 Å². The summed E-state index contributed by atoms with van der Waals surface area (Å²) in [4.78, 5) is 15.1. The standard InChI is InChI=1S/C24H27FN2O3/c1-29-16-27-12-9-19-14-21(23(30-2)15-22(19)27)24(28)26-10-7-18(8-11-26)13-17-3-5-20(25)6-4-17/h3-6,9,12,14-15,18H,7-8,10-11,13,16H2,1-2H3. The molecule has 0 aliphatic carbocycles. The van der Waals surface area contributed by atoms with E-state index in [4.69, 9.17) is 9.47 Å². The summed E-state index contributed by atoms with van der Waals surface area (Å²) >= 11 is 0. The number of methoxy groups -OCH3 is 2. The number of ether oxygens (including phenoxy) is 2. The van der Waals surface area contributed by atoms with Crippen LogP contribution in [-0.2, 0) is 17.9 Å². The van der Waals surface area contributed by atoms with Gasteiger partial charge >= 0.3 is 0 Å². The summed E-state index contributed by atoms with van der Waals surface area (Å²) in [5.74, 6) is 0.889. The van der Waals surface area contributed by atoms with Gasteiger partial charge in [-0.15, -0.1) is 0 Å². The molecule has 0 bridgehead atoms. The first-order valence-corrected chi connectivity index (χ1v) is 10.3. The monoisotopic (exact) mass is 410 g/mol. The molecule has 2 aromatic carbocycles. The molecule has 1 saturated heterocycles. The lowest BCUT2D eigenvalue weighted by Crippen LogP contribution is -2.39. The number of amides is 1. The molecule has 6 heteroatoms. The molecular formula is C24H27FN2O3. The molecule has 5 nitrogen and oxygen atoms in total. The first kappa shape index (κ1) is 20.4. The maximum atomic E-state index is 13.2. The summed E-state index contributed by atoms with van der Waals surface area (Å²) in [6.45, 7) is 1.88. The summed E-state index contributed by atoms with van der Waals surface area (Å²) < 4.78 is 25.9. The summed E-state index contributed by atoms with van der Waals surface area (Å²) in [6, 6.07) is 12.5. The minimum atomic E-state index is -0.206. The van der Waals surface area contributed by atoms with Gasteiger partial charge in [-0.25, -0.2) is 4.39 Å². The van der Waals surface area contributed by atoms with Crippen LogP contribution in [0.4, 0.5) is 4.39 Å². The van der Waals surface area contributed by atoms with Crippen LogP contribution in [0.5, 0.6) is 5.75 Å². The highest BCUT2D eigenvalue weighted by Crippen LogP contribution is 2.30. The number of fused-ring (bicyclic) bond motifs is 1. The summed E-state index contributed by atoms with van der Waals surface area (Å²) in [6.07, 6.45) is 4.75. The highest BCUT2D eigenvalue weighted by Gasteiger charge is 2.26. The zero-order valence-electron chi connectivity index (χ0n) is 17.4. The number of halogens is 1. The minimum absolute atomic E-state index is 0.00785. The molecular weight excluding hydrogens is 383 g/mol. The van der Waals surface area contributed by atoms with Crippen molar-refractivity contribution in [3.05, 3.63) is 65.6 Å². The van der Waals surface area contributed by atoms with Gasteiger partial charge in [0.25, 0.3) is 5.91 Å². The van der Waals surface area contributed by atoms with Crippen LogP contribution in [0.1, 0.15) is 28.8 Å². The van der Waals surface area contributed by atoms with E-state index in [9.17, 15) is 9.18 Å². The molecule has 1 fully saturated rings. The van der Waals surface area contributed by atoms with Crippen molar-refractivity contribution in [2.75, 3.05) is 27.3 Å². The van der Waals surface area contributed by atoms with E-state index in [1.807, 2.05) is 46.0 Å². The Morgan fingerprint density at radius 1 is 1.10 bits per heavy atom. The third kappa shape index (κ3) is 4.19. The molecule has 1 amide bonds. The number of benzene rings is 2. The number of hydrogen-bond acceptors (Lipinski definition) is 3. The average Bonchev–Trinajstić information content (AvgIpc) is 3.16. The van der Waals surface area contributed by atoms with Gasteiger partial charge in [-0.05, 0) is 55.0 Å². The van der Waals surface area contributed by atoms with Gasteiger partial charge in [0.2, 0.25) is 0 Å². The van der Waals surface area contributed by atoms with E-state index in [2.05, 4.69) is 0 Å². The van der Waals surface area contributed by atoms with Crippen molar-refractivity contribution in [1.29, 1.82) is 0 Å². The smallest absolute Gasteiger partial charge is 0.257 e. The molecule has 0 N–H and O–H groups in total. The molecule has 1 aromatic heterocycles. The maximum absolute atomic E-state index is 13.2. The molecule has 0 spiro atoms. The van der Waals surface area contributed by atoms with Gasteiger partial charge < -0.3 is 18.9 Å². The molecule has 1 aliphatic rings. The van der Waals surface area contributed by atoms with Crippen LogP contribution in [0, 0.1) is 11.7 Å². The van der Waals surface area contributed by atoms with Crippen molar-refractivity contribution < 1.29 is 18.7 Å². The van der Waals surface area contributed by atoms with E-state index in [0.29, 0.717) is 24.0 Å². The van der Waals surface area contributed by atoms with E-state index in [1.54, 1.807) is 14.2 Å². The number of nitrogens with zero attached hydrogens (tertiary/aromatic N) is 2. The lowest BCUT2D eigenvalue weighted by atomic mass is 9.90. The molecule has 1 aliphatic heterocycles. The first-order valence-electron chi connectivity index (χ1n) is 10.3. The van der Waals surface area contributed by atoms with Crippen LogP contribution in [0.15, 0.2) is 48.7 Å². The first-order chi connectivity index (χ1) is 14.6. The van der Waals surface area contributed by atoms with E-state index in [1.165, 1.54) is 12.1 Å². The van der Waals surface area contributed by atoms with Crippen LogP contribution in [0.2, 0.25) is 0 Å². The number of hydrogen-bond donors (Lipinski definition) is 0. The number of likely N-dealkylation sites (tertiary alicyclic amines) is 1. The van der Waals surface area contributed by atoms with Gasteiger partial charge in [0.1, 0.15) is 18.3 Å². The molecule has 0 atom stereocenters. The largest absolute Gasteiger partial charge is 0.496 e. The number of carbonyl (C=O) groups is 1. The fourth-order valence-corrected chi connectivity index (χ4v) is 4.27. The van der Waals surface area contributed by atoms with Gasteiger partial charge in [-0.3, -0.25) is 4.79 Å². The molecule has 0 unspecified atom stereocenters. The Labute approximate surface area is 176 Å². The van der Waals surface area contributed by atoms with Gasteiger partial charge in [0, 0.05) is 37.8 Å². The Balaban J connectivity index is 1.45. The third-order valence-corrected chi connectivity index (χ3v) is 5.93. The van der Waals surface area contributed by atoms with Crippen molar-refractivity contribution in [1.82, 2.24) is 9.47 Å². The number of aromatic nitrogens is 1. The summed E-state index contributed by atoms with van der Waals surface area (Å²) in [7, 11) is 3.25.